The number of hydrogen-bond acceptors (Lipinski definition) is 2. The molecule has 0 aromatic heterocycles. The van der Waals surface area contributed by atoms with Crippen molar-refractivity contribution in [3.63, 3.8) is 0 Å². The summed E-state index contributed by atoms with van der Waals surface area (Å²) < 4.78 is 0. The molecule has 0 spiro atoms. The third-order valence-corrected chi connectivity index (χ3v) is 2.55. The van der Waals surface area contributed by atoms with Gasteiger partial charge >= 0.3 is 0 Å². The van der Waals surface area contributed by atoms with Crippen LogP contribution in [0.2, 0.25) is 0 Å². The Hall–Kier alpha value is -1.02. The normalized spacial score (nSPS) is 38.2. The highest BCUT2D eigenvalue weighted by Gasteiger charge is 2.32. The van der Waals surface area contributed by atoms with Crippen LogP contribution in [0.25, 0.3) is 0 Å². The van der Waals surface area contributed by atoms with Gasteiger partial charge in [-0.2, -0.15) is 10.5 Å². The summed E-state index contributed by atoms with van der Waals surface area (Å²) in [6, 6.07) is 4.38. The zero-order valence-electron chi connectivity index (χ0n) is 7.62. The van der Waals surface area contributed by atoms with Crippen molar-refractivity contribution in [2.24, 2.45) is 23.7 Å². The lowest BCUT2D eigenvalue weighted by Gasteiger charge is -1.64. The maximum atomic E-state index is 8.13. The predicted octanol–water partition coefficient (Wildman–Crippen LogP) is 2.97. The van der Waals surface area contributed by atoms with E-state index in [0.717, 1.165) is 12.8 Å². The van der Waals surface area contributed by atoms with Gasteiger partial charge in [0, 0.05) is 11.8 Å². The van der Waals surface area contributed by atoms with Crippen molar-refractivity contribution in [3.05, 3.63) is 0 Å². The number of hydrogen-bond donors (Lipinski definition) is 0. The smallest absolute Gasteiger partial charge is 0.0658 e. The van der Waals surface area contributed by atoms with Crippen molar-refractivity contribution < 1.29 is 0 Å². The van der Waals surface area contributed by atoms with Crippen molar-refractivity contribution in [1.82, 2.24) is 0 Å². The summed E-state index contributed by atoms with van der Waals surface area (Å²) >= 11 is 0. The zero-order chi connectivity index (χ0) is 9.14. The maximum absolute atomic E-state index is 8.13. The molecule has 0 heterocycles. The first-order chi connectivity index (χ1) is 5.69. The summed E-state index contributed by atoms with van der Waals surface area (Å²) in [6.07, 6.45) is 2.27. The van der Waals surface area contributed by atoms with Gasteiger partial charge in [0.05, 0.1) is 12.1 Å². The van der Waals surface area contributed by atoms with E-state index >= 15 is 0 Å². The molecule has 0 saturated heterocycles. The van der Waals surface area contributed by atoms with Crippen molar-refractivity contribution in [2.45, 2.75) is 34.1 Å². The van der Waals surface area contributed by atoms with Crippen LogP contribution < -0.4 is 0 Å². The molecular formula is C11H18N2. The van der Waals surface area contributed by atoms with Gasteiger partial charge in [-0.3, -0.25) is 0 Å². The molecule has 2 saturated carbocycles. The molecule has 0 aromatic carbocycles. The van der Waals surface area contributed by atoms with Gasteiger partial charge in [-0.05, 0) is 24.7 Å². The number of nitriles is 2. The van der Waals surface area contributed by atoms with Gasteiger partial charge in [-0.15, -0.1) is 0 Å². The average molecular weight is 178 g/mol. The summed E-state index contributed by atoms with van der Waals surface area (Å²) in [7, 11) is 0. The molecule has 13 heavy (non-hydrogen) atoms. The Bertz CT molecular complexity index is 207. The third kappa shape index (κ3) is 3.95. The first-order valence-electron chi connectivity index (χ1n) is 4.48. The van der Waals surface area contributed by atoms with E-state index in [1.807, 2.05) is 0 Å². The van der Waals surface area contributed by atoms with Crippen molar-refractivity contribution >= 4 is 0 Å². The fraction of sp³-hybridized carbons (Fsp3) is 0.818. The van der Waals surface area contributed by atoms with E-state index < -0.39 is 0 Å². The van der Waals surface area contributed by atoms with Crippen molar-refractivity contribution in [2.75, 3.05) is 0 Å². The molecule has 0 bridgehead atoms. The molecule has 2 aliphatic carbocycles. The van der Waals surface area contributed by atoms with Crippen LogP contribution in [-0.4, -0.2) is 0 Å². The van der Waals surface area contributed by atoms with Crippen molar-refractivity contribution in [3.8, 4) is 12.1 Å². The molecule has 0 aliphatic heterocycles. The van der Waals surface area contributed by atoms with E-state index in [9.17, 15) is 0 Å². The first kappa shape index (κ1) is 12.0. The summed E-state index contributed by atoms with van der Waals surface area (Å²) in [4.78, 5) is 0. The molecular weight excluding hydrogens is 160 g/mol. The van der Waals surface area contributed by atoms with Gasteiger partial charge in [0.1, 0.15) is 0 Å². The van der Waals surface area contributed by atoms with E-state index in [1.165, 1.54) is 0 Å². The highest BCUT2D eigenvalue weighted by Crippen LogP contribution is 2.36. The minimum atomic E-state index is 0. The average Bonchev–Trinajstić information content (AvgIpc) is 2.92. The van der Waals surface area contributed by atoms with Gasteiger partial charge in [-0.1, -0.05) is 21.3 Å². The summed E-state index contributed by atoms with van der Waals surface area (Å²) in [6.45, 7) is 4.21. The second kappa shape index (κ2) is 4.87. The molecule has 0 aromatic rings. The van der Waals surface area contributed by atoms with E-state index in [4.69, 9.17) is 10.5 Å². The predicted molar refractivity (Wildman–Crippen MR) is 52.5 cm³/mol. The molecule has 4 atom stereocenters. The van der Waals surface area contributed by atoms with Crippen LogP contribution in [0.5, 0.6) is 0 Å². The molecule has 72 valence electrons. The second-order valence-corrected chi connectivity index (χ2v) is 3.90. The Morgan fingerprint density at radius 1 is 0.923 bits per heavy atom. The SMILES string of the molecule is C.C[C@@H]1C[C@H]1C#N.C[C@H]1C[C@@H]1C#N. The lowest BCUT2D eigenvalue weighted by atomic mass is 10.4. The van der Waals surface area contributed by atoms with Crippen LogP contribution in [0.15, 0.2) is 0 Å². The molecule has 0 unspecified atom stereocenters. The third-order valence-electron chi connectivity index (χ3n) is 2.55. The standard InChI is InChI=1S/2C5H7N.CH4/c2*1-4-2-5(4)3-6;/h2*4-5H,2H2,1H3;1H4/t2*4-,5+;/m10./s1. The van der Waals surface area contributed by atoms with E-state index in [1.54, 1.807) is 0 Å². The quantitative estimate of drug-likeness (QED) is 0.572. The minimum absolute atomic E-state index is 0. The topological polar surface area (TPSA) is 47.6 Å². The summed E-state index contributed by atoms with van der Waals surface area (Å²) in [5.74, 6) is 2.22. The van der Waals surface area contributed by atoms with E-state index in [-0.39, 0.29) is 7.43 Å². The fourth-order valence-electron chi connectivity index (χ4n) is 1.00. The molecule has 2 nitrogen and oxygen atoms in total. The van der Waals surface area contributed by atoms with E-state index in [2.05, 4.69) is 26.0 Å². The Labute approximate surface area is 81.2 Å². The highest BCUT2D eigenvalue weighted by molar-refractivity contribution is 4.99. The lowest BCUT2D eigenvalue weighted by Crippen LogP contribution is -1.63. The van der Waals surface area contributed by atoms with Crippen LogP contribution in [0.4, 0.5) is 0 Å². The number of nitrogens with zero attached hydrogens (tertiary/aromatic N) is 2. The Morgan fingerprint density at radius 2 is 1.15 bits per heavy atom. The van der Waals surface area contributed by atoms with Gasteiger partial charge in [0.25, 0.3) is 0 Å². The molecule has 2 fully saturated rings. The second-order valence-electron chi connectivity index (χ2n) is 3.90. The van der Waals surface area contributed by atoms with Gasteiger partial charge in [-0.25, -0.2) is 0 Å². The molecule has 0 radical (unpaired) electrons. The Balaban J connectivity index is 0.000000206. The Morgan fingerprint density at radius 3 is 1.15 bits per heavy atom. The minimum Gasteiger partial charge on any atom is -0.198 e. The van der Waals surface area contributed by atoms with Crippen LogP contribution in [0.1, 0.15) is 34.1 Å². The van der Waals surface area contributed by atoms with E-state index in [0.29, 0.717) is 23.7 Å². The van der Waals surface area contributed by atoms with Crippen LogP contribution in [0.3, 0.4) is 0 Å². The molecule has 0 N–H and O–H groups in total. The molecule has 2 heteroatoms. The Kier molecular flexibility index (Phi) is 4.49. The van der Waals surface area contributed by atoms with Gasteiger partial charge in [0.2, 0.25) is 0 Å². The molecule has 2 aliphatic rings. The highest BCUT2D eigenvalue weighted by atomic mass is 14.4. The lowest BCUT2D eigenvalue weighted by molar-refractivity contribution is 0.908. The maximum Gasteiger partial charge on any atom is 0.0658 e. The number of rotatable bonds is 0. The monoisotopic (exact) mass is 178 g/mol. The van der Waals surface area contributed by atoms with Gasteiger partial charge < -0.3 is 0 Å². The van der Waals surface area contributed by atoms with Crippen LogP contribution >= 0.6 is 0 Å². The first-order valence-corrected chi connectivity index (χ1v) is 4.48. The van der Waals surface area contributed by atoms with Crippen molar-refractivity contribution in [1.29, 1.82) is 10.5 Å². The fourth-order valence-corrected chi connectivity index (χ4v) is 1.00. The molecule has 2 rings (SSSR count). The summed E-state index contributed by atoms with van der Waals surface area (Å²) in [5, 5.41) is 16.3. The van der Waals surface area contributed by atoms with Gasteiger partial charge in [0.15, 0.2) is 0 Å². The largest absolute Gasteiger partial charge is 0.198 e. The van der Waals surface area contributed by atoms with Crippen LogP contribution in [-0.2, 0) is 0 Å². The molecule has 0 amide bonds. The zero-order valence-corrected chi connectivity index (χ0v) is 7.62. The van der Waals surface area contributed by atoms with Crippen LogP contribution in [0, 0.1) is 46.3 Å². The summed E-state index contributed by atoms with van der Waals surface area (Å²) in [5.41, 5.74) is 0.